The Morgan fingerprint density at radius 1 is 0.969 bits per heavy atom. The van der Waals surface area contributed by atoms with Crippen molar-refractivity contribution < 1.29 is 4.74 Å². The second-order valence-corrected chi connectivity index (χ2v) is 9.62. The third kappa shape index (κ3) is 4.63. The fourth-order valence-corrected chi connectivity index (χ4v) is 5.66. The van der Waals surface area contributed by atoms with Crippen molar-refractivity contribution in [3.63, 3.8) is 0 Å². The fourth-order valence-electron chi connectivity index (χ4n) is 5.23. The van der Waals surface area contributed by atoms with E-state index in [1.54, 1.807) is 0 Å². The standard InChI is InChI=1S/C25H29ClN4OS/c26-20-12-14-22(15-13-20)31-17-24-27-29(25(32)30(24)21-9-2-1-3-10-21)18-28-16-6-8-19-7-4-5-11-23(19)28/h1-3,9-10,12-15,19,23H,4-8,11,16-18H2/t19-,23+/m1/s1. The number of likely N-dealkylation sites (tertiary alicyclic amines) is 1. The van der Waals surface area contributed by atoms with E-state index in [9.17, 15) is 0 Å². The van der Waals surface area contributed by atoms with Crippen LogP contribution in [-0.4, -0.2) is 31.8 Å². The Balaban J connectivity index is 1.43. The number of benzene rings is 2. The summed E-state index contributed by atoms with van der Waals surface area (Å²) in [5, 5.41) is 5.62. The van der Waals surface area contributed by atoms with Crippen LogP contribution in [0.4, 0.5) is 0 Å². The molecule has 1 aliphatic heterocycles. The molecule has 2 aromatic carbocycles. The third-order valence-electron chi connectivity index (χ3n) is 6.78. The fraction of sp³-hybridized carbons (Fsp3) is 0.440. The van der Waals surface area contributed by atoms with Gasteiger partial charge < -0.3 is 4.74 Å². The molecule has 1 aromatic heterocycles. The van der Waals surface area contributed by atoms with Crippen molar-refractivity contribution in [1.82, 2.24) is 19.2 Å². The molecule has 7 heteroatoms. The van der Waals surface area contributed by atoms with Crippen LogP contribution in [0.2, 0.25) is 5.02 Å². The molecule has 3 aromatic rings. The molecule has 2 heterocycles. The van der Waals surface area contributed by atoms with Gasteiger partial charge >= 0.3 is 0 Å². The minimum absolute atomic E-state index is 0.333. The lowest BCUT2D eigenvalue weighted by Gasteiger charge is -2.43. The van der Waals surface area contributed by atoms with Gasteiger partial charge in [-0.15, -0.1) is 0 Å². The van der Waals surface area contributed by atoms with Gasteiger partial charge in [0.15, 0.2) is 5.82 Å². The van der Waals surface area contributed by atoms with Gasteiger partial charge in [0.05, 0.1) is 6.67 Å². The first-order chi connectivity index (χ1) is 15.7. The molecule has 0 spiro atoms. The Hall–Kier alpha value is -2.15. The van der Waals surface area contributed by atoms with Crippen LogP contribution >= 0.6 is 23.8 Å². The quantitative estimate of drug-likeness (QED) is 0.400. The van der Waals surface area contributed by atoms with Gasteiger partial charge in [-0.1, -0.05) is 42.6 Å². The van der Waals surface area contributed by atoms with Crippen LogP contribution in [0.5, 0.6) is 5.75 Å². The molecule has 0 radical (unpaired) electrons. The number of nitrogens with zero attached hydrogens (tertiary/aromatic N) is 4. The maximum absolute atomic E-state index is 6.04. The van der Waals surface area contributed by atoms with Crippen molar-refractivity contribution in [1.29, 1.82) is 0 Å². The summed E-state index contributed by atoms with van der Waals surface area (Å²) >= 11 is 11.9. The maximum atomic E-state index is 6.04. The molecule has 5 nitrogen and oxygen atoms in total. The molecule has 5 rings (SSSR count). The minimum atomic E-state index is 0.333. The summed E-state index contributed by atoms with van der Waals surface area (Å²) in [6, 6.07) is 18.2. The van der Waals surface area contributed by atoms with E-state index in [2.05, 4.69) is 17.0 Å². The minimum Gasteiger partial charge on any atom is -0.486 e. The molecule has 1 aliphatic carbocycles. The number of piperidine rings is 1. The van der Waals surface area contributed by atoms with Gasteiger partial charge in [0.1, 0.15) is 12.4 Å². The number of hydrogen-bond donors (Lipinski definition) is 0. The molecular weight excluding hydrogens is 440 g/mol. The molecule has 1 saturated heterocycles. The molecule has 0 bridgehead atoms. The summed E-state index contributed by atoms with van der Waals surface area (Å²) in [6.07, 6.45) is 8.01. The topological polar surface area (TPSA) is 35.2 Å². The van der Waals surface area contributed by atoms with E-state index in [1.807, 2.05) is 51.7 Å². The van der Waals surface area contributed by atoms with Gasteiger partial charge in [0.25, 0.3) is 0 Å². The number of halogens is 1. The highest BCUT2D eigenvalue weighted by molar-refractivity contribution is 7.71. The Labute approximate surface area is 199 Å². The second kappa shape index (κ2) is 9.77. The number of para-hydroxylation sites is 1. The molecule has 2 fully saturated rings. The van der Waals surface area contributed by atoms with Crippen molar-refractivity contribution in [3.8, 4) is 11.4 Å². The first kappa shape index (κ1) is 21.7. The Bertz CT molecular complexity index is 1090. The summed E-state index contributed by atoms with van der Waals surface area (Å²) in [6.45, 7) is 2.20. The van der Waals surface area contributed by atoms with Gasteiger partial charge in [-0.2, -0.15) is 5.10 Å². The number of ether oxygens (including phenoxy) is 1. The Kier molecular flexibility index (Phi) is 6.62. The maximum Gasteiger partial charge on any atom is 0.203 e. The zero-order valence-corrected chi connectivity index (χ0v) is 19.8. The number of fused-ring (bicyclic) bond motifs is 1. The lowest BCUT2D eigenvalue weighted by atomic mass is 9.78. The normalized spacial score (nSPS) is 21.3. The lowest BCUT2D eigenvalue weighted by molar-refractivity contribution is 0.0322. The molecule has 1 saturated carbocycles. The molecule has 0 amide bonds. The average molecular weight is 469 g/mol. The van der Waals surface area contributed by atoms with E-state index in [0.717, 1.165) is 36.4 Å². The SMILES string of the molecule is S=c1n(CN2CCC[C@H]3CCCC[C@@H]32)nc(COc2ccc(Cl)cc2)n1-c1ccccc1. The number of rotatable bonds is 6. The van der Waals surface area contributed by atoms with Gasteiger partial charge in [-0.3, -0.25) is 9.47 Å². The van der Waals surface area contributed by atoms with E-state index in [-0.39, 0.29) is 0 Å². The summed E-state index contributed by atoms with van der Waals surface area (Å²) < 4.78 is 10.8. The van der Waals surface area contributed by atoms with Gasteiger partial charge in [-0.05, 0) is 80.2 Å². The molecule has 0 N–H and O–H groups in total. The smallest absolute Gasteiger partial charge is 0.203 e. The van der Waals surface area contributed by atoms with Crippen molar-refractivity contribution in [2.75, 3.05) is 6.54 Å². The lowest BCUT2D eigenvalue weighted by Crippen LogP contribution is -2.47. The molecule has 2 aliphatic rings. The number of aromatic nitrogens is 3. The van der Waals surface area contributed by atoms with Crippen molar-refractivity contribution in [3.05, 3.63) is 70.2 Å². The van der Waals surface area contributed by atoms with Crippen LogP contribution in [-0.2, 0) is 13.3 Å². The highest BCUT2D eigenvalue weighted by atomic mass is 35.5. The van der Waals surface area contributed by atoms with E-state index in [0.29, 0.717) is 22.4 Å². The third-order valence-corrected chi connectivity index (χ3v) is 7.42. The Morgan fingerprint density at radius 3 is 2.53 bits per heavy atom. The predicted molar refractivity (Wildman–Crippen MR) is 130 cm³/mol. The largest absolute Gasteiger partial charge is 0.486 e. The van der Waals surface area contributed by atoms with Crippen LogP contribution in [0, 0.1) is 10.7 Å². The molecule has 168 valence electrons. The molecule has 32 heavy (non-hydrogen) atoms. The van der Waals surface area contributed by atoms with Crippen molar-refractivity contribution in [2.45, 2.75) is 57.8 Å². The van der Waals surface area contributed by atoms with Gasteiger partial charge in [-0.25, -0.2) is 4.68 Å². The predicted octanol–water partition coefficient (Wildman–Crippen LogP) is 6.25. The monoisotopic (exact) mass is 468 g/mol. The van der Waals surface area contributed by atoms with Gasteiger partial charge in [0.2, 0.25) is 4.77 Å². The van der Waals surface area contributed by atoms with Crippen LogP contribution < -0.4 is 4.74 Å². The summed E-state index contributed by atoms with van der Waals surface area (Å²) in [4.78, 5) is 2.61. The Morgan fingerprint density at radius 2 is 1.72 bits per heavy atom. The van der Waals surface area contributed by atoms with Crippen LogP contribution in [0.25, 0.3) is 5.69 Å². The van der Waals surface area contributed by atoms with Crippen molar-refractivity contribution in [2.24, 2.45) is 5.92 Å². The van der Waals surface area contributed by atoms with Crippen LogP contribution in [0.3, 0.4) is 0 Å². The molecule has 2 atom stereocenters. The molecule has 0 unspecified atom stereocenters. The zero-order valence-electron chi connectivity index (χ0n) is 18.2. The zero-order chi connectivity index (χ0) is 21.9. The van der Waals surface area contributed by atoms with E-state index in [1.165, 1.54) is 38.5 Å². The highest BCUT2D eigenvalue weighted by Gasteiger charge is 2.33. The first-order valence-corrected chi connectivity index (χ1v) is 12.3. The highest BCUT2D eigenvalue weighted by Crippen LogP contribution is 2.35. The second-order valence-electron chi connectivity index (χ2n) is 8.82. The van der Waals surface area contributed by atoms with E-state index >= 15 is 0 Å². The molecular formula is C25H29ClN4OS. The summed E-state index contributed by atoms with van der Waals surface area (Å²) in [5.74, 6) is 2.39. The summed E-state index contributed by atoms with van der Waals surface area (Å²) in [7, 11) is 0. The van der Waals surface area contributed by atoms with E-state index in [4.69, 9.17) is 33.7 Å². The van der Waals surface area contributed by atoms with E-state index < -0.39 is 0 Å². The number of hydrogen-bond acceptors (Lipinski definition) is 4. The summed E-state index contributed by atoms with van der Waals surface area (Å²) in [5.41, 5.74) is 1.01. The van der Waals surface area contributed by atoms with Gasteiger partial charge in [0, 0.05) is 23.3 Å². The van der Waals surface area contributed by atoms with Crippen LogP contribution in [0.1, 0.15) is 44.3 Å². The van der Waals surface area contributed by atoms with Crippen molar-refractivity contribution >= 4 is 23.8 Å². The first-order valence-electron chi connectivity index (χ1n) is 11.6. The average Bonchev–Trinajstić information content (AvgIpc) is 3.14. The van der Waals surface area contributed by atoms with Crippen LogP contribution in [0.15, 0.2) is 54.6 Å².